The van der Waals surface area contributed by atoms with E-state index in [-0.39, 0.29) is 5.75 Å². The van der Waals surface area contributed by atoms with E-state index in [1.807, 2.05) is 13.8 Å². The average Bonchev–Trinajstić information content (AvgIpc) is 1.99. The van der Waals surface area contributed by atoms with Gasteiger partial charge in [-0.05, 0) is 5.92 Å². The van der Waals surface area contributed by atoms with Gasteiger partial charge in [-0.3, -0.25) is 0 Å². The molecular weight excluding hydrogens is 174 g/mol. The van der Waals surface area contributed by atoms with Crippen LogP contribution in [0.25, 0.3) is 0 Å². The van der Waals surface area contributed by atoms with Gasteiger partial charge in [-0.15, -0.1) is 0 Å². The third kappa shape index (κ3) is 3.40. The molecule has 0 aliphatic heterocycles. The summed E-state index contributed by atoms with van der Waals surface area (Å²) >= 11 is 0. The Morgan fingerprint density at radius 3 is 2.15 bits per heavy atom. The van der Waals surface area contributed by atoms with Crippen LogP contribution >= 0.6 is 0 Å². The summed E-state index contributed by atoms with van der Waals surface area (Å²) in [7, 11) is 0. The van der Waals surface area contributed by atoms with E-state index in [4.69, 9.17) is 4.74 Å². The van der Waals surface area contributed by atoms with Gasteiger partial charge in [0, 0.05) is 18.2 Å². The van der Waals surface area contributed by atoms with Crippen LogP contribution in [-0.4, -0.2) is 6.61 Å². The number of hydrogen-bond acceptors (Lipinski definition) is 1. The minimum atomic E-state index is -0.612. The van der Waals surface area contributed by atoms with E-state index in [1.165, 1.54) is 12.1 Å². The summed E-state index contributed by atoms with van der Waals surface area (Å²) in [6.07, 6.45) is 0. The fraction of sp³-hybridized carbons (Fsp3) is 0.400. The predicted molar refractivity (Wildman–Crippen MR) is 46.7 cm³/mol. The molecule has 1 nitrogen and oxygen atoms in total. The minimum Gasteiger partial charge on any atom is -0.493 e. The molecule has 0 atom stereocenters. The van der Waals surface area contributed by atoms with E-state index < -0.39 is 11.6 Å². The predicted octanol–water partition coefficient (Wildman–Crippen LogP) is 3.00. The van der Waals surface area contributed by atoms with Crippen LogP contribution in [0.15, 0.2) is 18.2 Å². The first-order valence-electron chi connectivity index (χ1n) is 4.17. The van der Waals surface area contributed by atoms with Crippen LogP contribution in [0.2, 0.25) is 0 Å². The van der Waals surface area contributed by atoms with Crippen LogP contribution < -0.4 is 4.74 Å². The topological polar surface area (TPSA) is 9.23 Å². The number of halogens is 2. The second-order valence-electron chi connectivity index (χ2n) is 3.31. The highest BCUT2D eigenvalue weighted by Gasteiger charge is 2.02. The van der Waals surface area contributed by atoms with Crippen molar-refractivity contribution in [2.45, 2.75) is 13.8 Å². The summed E-state index contributed by atoms with van der Waals surface area (Å²) in [4.78, 5) is 0. The fourth-order valence-electron chi connectivity index (χ4n) is 0.875. The quantitative estimate of drug-likeness (QED) is 0.705. The second kappa shape index (κ2) is 4.21. The Kier molecular flexibility index (Phi) is 3.23. The average molecular weight is 186 g/mol. The Labute approximate surface area is 76.3 Å². The molecule has 1 rings (SSSR count). The summed E-state index contributed by atoms with van der Waals surface area (Å²) in [5.41, 5.74) is 0. The van der Waals surface area contributed by atoms with Crippen molar-refractivity contribution in [1.82, 2.24) is 0 Å². The monoisotopic (exact) mass is 186 g/mol. The van der Waals surface area contributed by atoms with Crippen LogP contribution in [0.3, 0.4) is 0 Å². The van der Waals surface area contributed by atoms with Crippen molar-refractivity contribution in [3.63, 3.8) is 0 Å². The summed E-state index contributed by atoms with van der Waals surface area (Å²) in [6.45, 7) is 4.40. The molecule has 0 saturated heterocycles. The van der Waals surface area contributed by atoms with Crippen molar-refractivity contribution in [3.8, 4) is 5.75 Å². The summed E-state index contributed by atoms with van der Waals surface area (Å²) in [5.74, 6) is -0.643. The highest BCUT2D eigenvalue weighted by Crippen LogP contribution is 2.15. The zero-order chi connectivity index (χ0) is 9.84. The molecule has 0 fully saturated rings. The van der Waals surface area contributed by atoms with Gasteiger partial charge in [0.2, 0.25) is 0 Å². The molecule has 1 aromatic carbocycles. The maximum Gasteiger partial charge on any atom is 0.129 e. The third-order valence-electron chi connectivity index (χ3n) is 1.42. The van der Waals surface area contributed by atoms with Crippen molar-refractivity contribution >= 4 is 0 Å². The van der Waals surface area contributed by atoms with Gasteiger partial charge >= 0.3 is 0 Å². The SMILES string of the molecule is CC(C)COc1cc(F)cc(F)c1. The van der Waals surface area contributed by atoms with Crippen LogP contribution in [0.1, 0.15) is 13.8 Å². The molecule has 3 heteroatoms. The molecule has 0 N–H and O–H groups in total. The molecule has 0 bridgehead atoms. The lowest BCUT2D eigenvalue weighted by molar-refractivity contribution is 0.268. The van der Waals surface area contributed by atoms with Gasteiger partial charge in [0.25, 0.3) is 0 Å². The lowest BCUT2D eigenvalue weighted by atomic mass is 10.2. The minimum absolute atomic E-state index is 0.242. The van der Waals surface area contributed by atoms with Crippen LogP contribution in [0, 0.1) is 17.6 Å². The number of rotatable bonds is 3. The van der Waals surface area contributed by atoms with Gasteiger partial charge < -0.3 is 4.74 Å². The van der Waals surface area contributed by atoms with Crippen molar-refractivity contribution in [2.24, 2.45) is 5.92 Å². The molecule has 0 aromatic heterocycles. The first-order chi connectivity index (χ1) is 6.08. The van der Waals surface area contributed by atoms with Gasteiger partial charge in [-0.1, -0.05) is 13.8 Å². The lowest BCUT2D eigenvalue weighted by Crippen LogP contribution is -2.04. The summed E-state index contributed by atoms with van der Waals surface area (Å²) < 4.78 is 30.4. The first kappa shape index (κ1) is 9.96. The standard InChI is InChI=1S/C10H12F2O/c1-7(2)6-13-10-4-8(11)3-9(12)5-10/h3-5,7H,6H2,1-2H3. The normalized spacial score (nSPS) is 10.5. The molecule has 0 saturated carbocycles. The molecule has 0 amide bonds. The Bertz CT molecular complexity index is 264. The van der Waals surface area contributed by atoms with E-state index in [9.17, 15) is 8.78 Å². The van der Waals surface area contributed by atoms with Gasteiger partial charge in [0.15, 0.2) is 0 Å². The van der Waals surface area contributed by atoms with Crippen molar-refractivity contribution in [3.05, 3.63) is 29.8 Å². The zero-order valence-electron chi connectivity index (χ0n) is 7.68. The maximum atomic E-state index is 12.6. The van der Waals surface area contributed by atoms with Crippen LogP contribution in [-0.2, 0) is 0 Å². The fourth-order valence-corrected chi connectivity index (χ4v) is 0.875. The van der Waals surface area contributed by atoms with E-state index in [0.29, 0.717) is 12.5 Å². The van der Waals surface area contributed by atoms with Crippen molar-refractivity contribution in [1.29, 1.82) is 0 Å². The van der Waals surface area contributed by atoms with Gasteiger partial charge in [-0.2, -0.15) is 0 Å². The maximum absolute atomic E-state index is 12.6. The Morgan fingerprint density at radius 1 is 1.15 bits per heavy atom. The highest BCUT2D eigenvalue weighted by molar-refractivity contribution is 5.23. The zero-order valence-corrected chi connectivity index (χ0v) is 7.68. The Hall–Kier alpha value is -1.12. The molecule has 0 radical (unpaired) electrons. The van der Waals surface area contributed by atoms with Crippen LogP contribution in [0.4, 0.5) is 8.78 Å². The van der Waals surface area contributed by atoms with Crippen LogP contribution in [0.5, 0.6) is 5.75 Å². The lowest BCUT2D eigenvalue weighted by Gasteiger charge is -2.08. The molecule has 0 heterocycles. The molecule has 13 heavy (non-hydrogen) atoms. The van der Waals surface area contributed by atoms with Gasteiger partial charge in [0.05, 0.1) is 6.61 Å². The first-order valence-corrected chi connectivity index (χ1v) is 4.17. The molecule has 0 aliphatic rings. The molecule has 0 unspecified atom stereocenters. The van der Waals surface area contributed by atoms with Gasteiger partial charge in [0.1, 0.15) is 17.4 Å². The molecule has 0 aliphatic carbocycles. The van der Waals surface area contributed by atoms with Crippen molar-refractivity contribution < 1.29 is 13.5 Å². The third-order valence-corrected chi connectivity index (χ3v) is 1.42. The molecule has 1 aromatic rings. The summed E-state index contributed by atoms with van der Waals surface area (Å²) in [5, 5.41) is 0. The van der Waals surface area contributed by atoms with E-state index >= 15 is 0 Å². The van der Waals surface area contributed by atoms with Gasteiger partial charge in [-0.25, -0.2) is 8.78 Å². The molecule has 0 spiro atoms. The molecule has 72 valence electrons. The number of hydrogen-bond donors (Lipinski definition) is 0. The van der Waals surface area contributed by atoms with E-state index in [0.717, 1.165) is 6.07 Å². The smallest absolute Gasteiger partial charge is 0.129 e. The Morgan fingerprint density at radius 2 is 1.69 bits per heavy atom. The largest absolute Gasteiger partial charge is 0.493 e. The van der Waals surface area contributed by atoms with E-state index in [2.05, 4.69) is 0 Å². The summed E-state index contributed by atoms with van der Waals surface area (Å²) in [6, 6.07) is 3.17. The molecular formula is C10H12F2O. The van der Waals surface area contributed by atoms with E-state index in [1.54, 1.807) is 0 Å². The Balaban J connectivity index is 2.66. The number of benzene rings is 1. The highest BCUT2D eigenvalue weighted by atomic mass is 19.1. The second-order valence-corrected chi connectivity index (χ2v) is 3.31. The van der Waals surface area contributed by atoms with Crippen molar-refractivity contribution in [2.75, 3.05) is 6.61 Å². The number of ether oxygens (including phenoxy) is 1.